The molecule has 5 heteroatoms. The second-order valence-electron chi connectivity index (χ2n) is 7.87. The molecule has 0 unspecified atom stereocenters. The molecule has 0 bridgehead atoms. The molecule has 4 rings (SSSR count). The molecule has 0 fully saturated rings. The first kappa shape index (κ1) is 20.2. The lowest BCUT2D eigenvalue weighted by molar-refractivity contribution is -0.117. The number of Topliss-reactive ketones (excluding diaryl/α,β-unsaturated/α-hetero) is 1. The Labute approximate surface area is 178 Å². The van der Waals surface area contributed by atoms with Crippen LogP contribution in [0.15, 0.2) is 59.8 Å². The number of anilines is 3. The summed E-state index contributed by atoms with van der Waals surface area (Å²) in [6.07, 6.45) is 2.17. The fourth-order valence-electron chi connectivity index (χ4n) is 4.65. The maximum Gasteiger partial charge on any atom is 0.224 e. The fourth-order valence-corrected chi connectivity index (χ4v) is 4.65. The Hall–Kier alpha value is -3.08. The molecule has 0 saturated heterocycles. The smallest absolute Gasteiger partial charge is 0.224 e. The fraction of sp³-hybridized carbons (Fsp3) is 0.360. The van der Waals surface area contributed by atoms with E-state index in [-0.39, 0.29) is 11.7 Å². The van der Waals surface area contributed by atoms with Gasteiger partial charge in [0.1, 0.15) is 0 Å². The zero-order chi connectivity index (χ0) is 21.3. The molecule has 1 N–H and O–H groups in total. The summed E-state index contributed by atoms with van der Waals surface area (Å²) in [4.78, 5) is 30.1. The summed E-state index contributed by atoms with van der Waals surface area (Å²) in [5, 5.41) is 3.48. The molecule has 5 nitrogen and oxygen atoms in total. The lowest BCUT2D eigenvalue weighted by Crippen LogP contribution is -2.36. The Bertz CT molecular complexity index is 990. The van der Waals surface area contributed by atoms with E-state index in [0.29, 0.717) is 6.42 Å². The standard InChI is InChI=1S/C25H29N3O2/c1-4-27(5-2)19-15-13-18(14-16-19)25-24-21(10-8-12-23(24)30)26-20-9-6-7-11-22(20)28(25)17(3)29/h6-7,9,11,13-16,25-26H,4-5,8,10,12H2,1-3H3/t25-/m0/s1. The highest BCUT2D eigenvalue weighted by atomic mass is 16.2. The Balaban J connectivity index is 1.89. The van der Waals surface area contributed by atoms with Gasteiger partial charge >= 0.3 is 0 Å². The Morgan fingerprint density at radius 2 is 1.77 bits per heavy atom. The number of fused-ring (bicyclic) bond motifs is 1. The number of carbonyl (C=O) groups is 2. The van der Waals surface area contributed by atoms with Gasteiger partial charge in [-0.2, -0.15) is 0 Å². The number of rotatable bonds is 4. The third kappa shape index (κ3) is 3.49. The molecule has 2 aromatic carbocycles. The van der Waals surface area contributed by atoms with Gasteiger partial charge in [-0.05, 0) is 56.5 Å². The van der Waals surface area contributed by atoms with Gasteiger partial charge in [0.2, 0.25) is 5.91 Å². The summed E-state index contributed by atoms with van der Waals surface area (Å²) >= 11 is 0. The number of benzene rings is 2. The van der Waals surface area contributed by atoms with Crippen LogP contribution in [0.3, 0.4) is 0 Å². The van der Waals surface area contributed by atoms with Crippen LogP contribution in [-0.2, 0) is 9.59 Å². The lowest BCUT2D eigenvalue weighted by atomic mass is 9.85. The van der Waals surface area contributed by atoms with Crippen LogP contribution in [0.4, 0.5) is 17.1 Å². The third-order valence-corrected chi connectivity index (χ3v) is 6.11. The largest absolute Gasteiger partial charge is 0.372 e. The SMILES string of the molecule is CCN(CC)c1ccc([C@H]2C3=C(CCCC3=O)Nc3ccccc3N2C(C)=O)cc1. The van der Waals surface area contributed by atoms with Crippen molar-refractivity contribution in [1.82, 2.24) is 0 Å². The van der Waals surface area contributed by atoms with E-state index < -0.39 is 6.04 Å². The van der Waals surface area contributed by atoms with Crippen molar-refractivity contribution in [1.29, 1.82) is 0 Å². The van der Waals surface area contributed by atoms with Crippen molar-refractivity contribution in [3.63, 3.8) is 0 Å². The first-order chi connectivity index (χ1) is 14.5. The zero-order valence-corrected chi connectivity index (χ0v) is 17.9. The van der Waals surface area contributed by atoms with Crippen LogP contribution in [0.25, 0.3) is 0 Å². The zero-order valence-electron chi connectivity index (χ0n) is 17.9. The number of hydrogen-bond donors (Lipinski definition) is 1. The van der Waals surface area contributed by atoms with Crippen molar-refractivity contribution >= 4 is 28.8 Å². The Morgan fingerprint density at radius 3 is 2.43 bits per heavy atom. The van der Waals surface area contributed by atoms with E-state index in [1.807, 2.05) is 24.3 Å². The van der Waals surface area contributed by atoms with Gasteiger partial charge in [-0.3, -0.25) is 14.5 Å². The summed E-state index contributed by atoms with van der Waals surface area (Å²) in [6.45, 7) is 7.72. The van der Waals surface area contributed by atoms with E-state index in [1.54, 1.807) is 11.8 Å². The van der Waals surface area contributed by atoms with Gasteiger partial charge in [0, 0.05) is 43.4 Å². The number of nitrogens with zero attached hydrogens (tertiary/aromatic N) is 2. The second-order valence-corrected chi connectivity index (χ2v) is 7.87. The minimum Gasteiger partial charge on any atom is -0.372 e. The van der Waals surface area contributed by atoms with Gasteiger partial charge < -0.3 is 10.2 Å². The molecular formula is C25H29N3O2. The number of carbonyl (C=O) groups excluding carboxylic acids is 2. The molecule has 1 aliphatic carbocycles. The maximum absolute atomic E-state index is 13.1. The molecule has 0 aromatic heterocycles. The highest BCUT2D eigenvalue weighted by Crippen LogP contribution is 2.44. The van der Waals surface area contributed by atoms with Crippen molar-refractivity contribution in [3.05, 3.63) is 65.4 Å². The minimum atomic E-state index is -0.424. The lowest BCUT2D eigenvalue weighted by Gasteiger charge is -2.33. The molecule has 30 heavy (non-hydrogen) atoms. The molecule has 2 aliphatic rings. The monoisotopic (exact) mass is 403 g/mol. The van der Waals surface area contributed by atoms with Gasteiger partial charge in [-0.15, -0.1) is 0 Å². The number of ketones is 1. The quantitative estimate of drug-likeness (QED) is 0.775. The van der Waals surface area contributed by atoms with Gasteiger partial charge in [0.15, 0.2) is 5.78 Å². The van der Waals surface area contributed by atoms with Crippen LogP contribution >= 0.6 is 0 Å². The van der Waals surface area contributed by atoms with E-state index in [4.69, 9.17) is 0 Å². The van der Waals surface area contributed by atoms with Crippen molar-refractivity contribution in [2.75, 3.05) is 28.2 Å². The normalized spacial score (nSPS) is 18.3. The summed E-state index contributed by atoms with van der Waals surface area (Å²) in [7, 11) is 0. The molecule has 0 saturated carbocycles. The number of hydrogen-bond acceptors (Lipinski definition) is 4. The average molecular weight is 404 g/mol. The number of nitrogens with one attached hydrogen (secondary N) is 1. The summed E-state index contributed by atoms with van der Waals surface area (Å²) < 4.78 is 0. The number of para-hydroxylation sites is 2. The van der Waals surface area contributed by atoms with Gasteiger partial charge in [-0.1, -0.05) is 24.3 Å². The first-order valence-electron chi connectivity index (χ1n) is 10.8. The van der Waals surface area contributed by atoms with Crippen molar-refractivity contribution in [2.24, 2.45) is 0 Å². The molecule has 1 heterocycles. The predicted octanol–water partition coefficient (Wildman–Crippen LogP) is 5.06. The topological polar surface area (TPSA) is 52.7 Å². The Kier molecular flexibility index (Phi) is 5.62. The van der Waals surface area contributed by atoms with Crippen LogP contribution < -0.4 is 15.1 Å². The van der Waals surface area contributed by atoms with E-state index in [1.165, 1.54) is 0 Å². The number of allylic oxidation sites excluding steroid dienone is 1. The van der Waals surface area contributed by atoms with Crippen LogP contribution in [0.5, 0.6) is 0 Å². The van der Waals surface area contributed by atoms with Crippen molar-refractivity contribution < 1.29 is 9.59 Å². The predicted molar refractivity (Wildman–Crippen MR) is 122 cm³/mol. The van der Waals surface area contributed by atoms with E-state index in [2.05, 4.69) is 48.3 Å². The van der Waals surface area contributed by atoms with E-state index in [0.717, 1.165) is 59.8 Å². The second kappa shape index (κ2) is 8.34. The minimum absolute atomic E-state index is 0.0748. The molecule has 1 aliphatic heterocycles. The van der Waals surface area contributed by atoms with E-state index >= 15 is 0 Å². The van der Waals surface area contributed by atoms with Crippen LogP contribution in [0.2, 0.25) is 0 Å². The molecule has 1 atom stereocenters. The molecule has 2 aromatic rings. The van der Waals surface area contributed by atoms with Crippen molar-refractivity contribution in [2.45, 2.75) is 46.1 Å². The molecule has 0 radical (unpaired) electrons. The van der Waals surface area contributed by atoms with Crippen LogP contribution in [0.1, 0.15) is 51.6 Å². The van der Waals surface area contributed by atoms with Gasteiger partial charge in [0.25, 0.3) is 0 Å². The molecular weight excluding hydrogens is 374 g/mol. The maximum atomic E-state index is 13.1. The summed E-state index contributed by atoms with van der Waals surface area (Å²) in [5.74, 6) is 0.0508. The molecule has 156 valence electrons. The molecule has 1 amide bonds. The van der Waals surface area contributed by atoms with Crippen LogP contribution in [0, 0.1) is 0 Å². The molecule has 0 spiro atoms. The van der Waals surface area contributed by atoms with Gasteiger partial charge in [0.05, 0.1) is 17.4 Å². The number of amides is 1. The van der Waals surface area contributed by atoms with Gasteiger partial charge in [-0.25, -0.2) is 0 Å². The average Bonchev–Trinajstić information content (AvgIpc) is 2.90. The van der Waals surface area contributed by atoms with Crippen molar-refractivity contribution in [3.8, 4) is 0 Å². The summed E-state index contributed by atoms with van der Waals surface area (Å²) in [6, 6.07) is 15.7. The Morgan fingerprint density at radius 1 is 1.07 bits per heavy atom. The first-order valence-corrected chi connectivity index (χ1v) is 10.8. The van der Waals surface area contributed by atoms with E-state index in [9.17, 15) is 9.59 Å². The third-order valence-electron chi connectivity index (χ3n) is 6.11. The summed E-state index contributed by atoms with van der Waals surface area (Å²) in [5.41, 5.74) is 5.46. The highest BCUT2D eigenvalue weighted by Gasteiger charge is 2.38. The highest BCUT2D eigenvalue weighted by molar-refractivity contribution is 6.05. The van der Waals surface area contributed by atoms with Crippen LogP contribution in [-0.4, -0.2) is 24.8 Å².